The molecule has 5 nitrogen and oxygen atoms in total. The van der Waals surface area contributed by atoms with Gasteiger partial charge in [-0.2, -0.15) is 0 Å². The molecule has 0 bridgehead atoms. The van der Waals surface area contributed by atoms with Crippen molar-refractivity contribution in [3.8, 4) is 5.75 Å². The normalized spacial score (nSPS) is 13.0. The molecule has 111 valence electrons. The predicted octanol–water partition coefficient (Wildman–Crippen LogP) is 2.50. The lowest BCUT2D eigenvalue weighted by atomic mass is 10.1. The summed E-state index contributed by atoms with van der Waals surface area (Å²) in [5, 5.41) is 21.3. The van der Waals surface area contributed by atoms with Gasteiger partial charge in [-0.3, -0.25) is 5.11 Å². The predicted molar refractivity (Wildman–Crippen MR) is 78.2 cm³/mol. The van der Waals surface area contributed by atoms with Crippen LogP contribution < -0.4 is 4.72 Å². The topological polar surface area (TPSA) is 86.3 Å². The Hall–Kier alpha value is -1.60. The first-order valence-electron chi connectivity index (χ1n) is 6.09. The number of aliphatic hydroxyl groups is 1. The summed E-state index contributed by atoms with van der Waals surface area (Å²) in [7, 11) is -3.72. The minimum absolute atomic E-state index is 0.0639. The van der Waals surface area contributed by atoms with Gasteiger partial charge in [-0.25, -0.2) is 13.1 Å². The molecule has 0 heterocycles. The van der Waals surface area contributed by atoms with Gasteiger partial charge in [0.05, 0.1) is 11.0 Å². The summed E-state index contributed by atoms with van der Waals surface area (Å²) in [5.41, 5.74) is 0.466. The van der Waals surface area contributed by atoms with Gasteiger partial charge in [0.2, 0.25) is 10.0 Å². The Kier molecular flexibility index (Phi) is 4.84. The fourth-order valence-corrected chi connectivity index (χ4v) is 2.86. The van der Waals surface area contributed by atoms with Crippen LogP contribution in [0.2, 0.25) is 5.02 Å². The molecule has 0 amide bonds. The molecule has 0 aliphatic heterocycles. The van der Waals surface area contributed by atoms with E-state index in [4.69, 9.17) is 11.6 Å². The third-order valence-corrected chi connectivity index (χ3v) is 4.55. The zero-order chi connectivity index (χ0) is 15.5. The number of halogens is 1. The van der Waals surface area contributed by atoms with E-state index in [1.54, 1.807) is 0 Å². The van der Waals surface area contributed by atoms with Crippen molar-refractivity contribution >= 4 is 21.6 Å². The lowest BCUT2D eigenvalue weighted by Crippen LogP contribution is -2.28. The molecule has 2 aromatic carbocycles. The third kappa shape index (κ3) is 4.18. The molecule has 0 aliphatic carbocycles. The Balaban J connectivity index is 2.04. The van der Waals surface area contributed by atoms with Crippen molar-refractivity contribution in [3.63, 3.8) is 0 Å². The molecule has 0 fully saturated rings. The van der Waals surface area contributed by atoms with Crippen molar-refractivity contribution in [3.05, 3.63) is 59.1 Å². The van der Waals surface area contributed by atoms with Crippen LogP contribution in [0.1, 0.15) is 11.7 Å². The first-order valence-corrected chi connectivity index (χ1v) is 7.95. The number of aliphatic hydroxyl groups excluding tert-OH is 1. The summed E-state index contributed by atoms with van der Waals surface area (Å²) in [6, 6.07) is 11.2. The van der Waals surface area contributed by atoms with Crippen molar-refractivity contribution < 1.29 is 18.6 Å². The van der Waals surface area contributed by atoms with Gasteiger partial charge < -0.3 is 5.11 Å². The van der Waals surface area contributed by atoms with E-state index in [0.29, 0.717) is 10.6 Å². The molecule has 1 atom stereocenters. The first kappa shape index (κ1) is 15.8. The van der Waals surface area contributed by atoms with E-state index in [2.05, 4.69) is 4.72 Å². The Morgan fingerprint density at radius 2 is 1.62 bits per heavy atom. The van der Waals surface area contributed by atoms with E-state index in [1.807, 2.05) is 0 Å². The summed E-state index contributed by atoms with van der Waals surface area (Å²) >= 11 is 5.70. The molecule has 0 saturated heterocycles. The van der Waals surface area contributed by atoms with Crippen LogP contribution >= 0.6 is 11.6 Å². The fourth-order valence-electron chi connectivity index (χ4n) is 1.69. The van der Waals surface area contributed by atoms with Gasteiger partial charge in [0, 0.05) is 11.6 Å². The molecule has 0 saturated carbocycles. The second kappa shape index (κ2) is 6.44. The zero-order valence-corrected chi connectivity index (χ0v) is 12.4. The van der Waals surface area contributed by atoms with E-state index in [0.717, 1.165) is 0 Å². The average molecular weight is 327 g/mol. The Morgan fingerprint density at radius 1 is 1.05 bits per heavy atom. The van der Waals surface area contributed by atoms with Crippen LogP contribution in [-0.2, 0) is 15.1 Å². The van der Waals surface area contributed by atoms with Crippen LogP contribution in [0, 0.1) is 0 Å². The molecule has 0 aromatic heterocycles. The van der Waals surface area contributed by atoms with Gasteiger partial charge in [0.25, 0.3) is 0 Å². The van der Waals surface area contributed by atoms with Gasteiger partial charge in [-0.15, -0.1) is 0 Å². The SMILES string of the molecule is [O]c1ccc(C(O)CNS(=O)(=O)c2ccc(Cl)cc2)cc1. The van der Waals surface area contributed by atoms with Crippen LogP contribution in [0.5, 0.6) is 5.75 Å². The average Bonchev–Trinajstić information content (AvgIpc) is 2.46. The summed E-state index contributed by atoms with van der Waals surface area (Å²) in [4.78, 5) is 0.0639. The van der Waals surface area contributed by atoms with E-state index in [1.165, 1.54) is 48.5 Å². The lowest BCUT2D eigenvalue weighted by molar-refractivity contribution is 0.182. The van der Waals surface area contributed by atoms with E-state index in [9.17, 15) is 18.6 Å². The smallest absolute Gasteiger partial charge is 0.240 e. The van der Waals surface area contributed by atoms with Crippen molar-refractivity contribution in [2.75, 3.05) is 6.54 Å². The quantitative estimate of drug-likeness (QED) is 0.885. The highest BCUT2D eigenvalue weighted by Gasteiger charge is 2.16. The molecule has 7 heteroatoms. The van der Waals surface area contributed by atoms with E-state index in [-0.39, 0.29) is 17.2 Å². The standard InChI is InChI=1S/C14H13ClNO4S/c15-11-3-7-13(8-4-11)21(19,20)16-9-14(18)10-1-5-12(17)6-2-10/h1-8,14,16,18H,9H2. The van der Waals surface area contributed by atoms with E-state index >= 15 is 0 Å². The zero-order valence-electron chi connectivity index (χ0n) is 10.9. The molecule has 2 N–H and O–H groups in total. The molecule has 0 aliphatic rings. The second-order valence-corrected chi connectivity index (χ2v) is 6.59. The third-order valence-electron chi connectivity index (χ3n) is 2.86. The Bertz CT molecular complexity index is 699. The molecule has 2 aromatic rings. The van der Waals surface area contributed by atoms with Crippen LogP contribution in [0.4, 0.5) is 0 Å². The number of benzene rings is 2. The number of hydrogen-bond donors (Lipinski definition) is 2. The maximum atomic E-state index is 12.0. The number of sulfonamides is 1. The summed E-state index contributed by atoms with van der Waals surface area (Å²) in [5.74, 6) is -0.173. The number of hydrogen-bond acceptors (Lipinski definition) is 3. The monoisotopic (exact) mass is 326 g/mol. The molecule has 21 heavy (non-hydrogen) atoms. The molecule has 0 spiro atoms. The van der Waals surface area contributed by atoms with Crippen LogP contribution in [0.3, 0.4) is 0 Å². The highest BCUT2D eigenvalue weighted by molar-refractivity contribution is 7.89. The minimum atomic E-state index is -3.72. The Labute approximate surface area is 127 Å². The maximum Gasteiger partial charge on any atom is 0.240 e. The minimum Gasteiger partial charge on any atom is -0.387 e. The summed E-state index contributed by atoms with van der Waals surface area (Å²) in [6.07, 6.45) is -1.03. The van der Waals surface area contributed by atoms with Crippen molar-refractivity contribution in [1.82, 2.24) is 4.72 Å². The number of rotatable bonds is 5. The van der Waals surface area contributed by atoms with Gasteiger partial charge in [-0.05, 0) is 42.0 Å². The first-order chi connectivity index (χ1) is 9.88. The lowest BCUT2D eigenvalue weighted by Gasteiger charge is -2.12. The van der Waals surface area contributed by atoms with Gasteiger partial charge in [0.1, 0.15) is 0 Å². The number of nitrogens with one attached hydrogen (secondary N) is 1. The summed E-state index contributed by atoms with van der Waals surface area (Å²) < 4.78 is 26.3. The van der Waals surface area contributed by atoms with Crippen LogP contribution in [0.15, 0.2) is 53.4 Å². The largest absolute Gasteiger partial charge is 0.387 e. The van der Waals surface area contributed by atoms with Crippen molar-refractivity contribution in [2.45, 2.75) is 11.0 Å². The fraction of sp³-hybridized carbons (Fsp3) is 0.143. The maximum absolute atomic E-state index is 12.0. The van der Waals surface area contributed by atoms with Gasteiger partial charge in [0.15, 0.2) is 5.75 Å². The molecular formula is C14H13ClNO4S. The molecule has 1 unspecified atom stereocenters. The van der Waals surface area contributed by atoms with E-state index < -0.39 is 16.1 Å². The summed E-state index contributed by atoms with van der Waals surface area (Å²) in [6.45, 7) is -0.191. The molecular weight excluding hydrogens is 314 g/mol. The Morgan fingerprint density at radius 3 is 2.19 bits per heavy atom. The highest BCUT2D eigenvalue weighted by Crippen LogP contribution is 2.18. The molecule has 2 rings (SSSR count). The highest BCUT2D eigenvalue weighted by atomic mass is 35.5. The van der Waals surface area contributed by atoms with Gasteiger partial charge >= 0.3 is 0 Å². The van der Waals surface area contributed by atoms with Crippen LogP contribution in [-0.4, -0.2) is 20.1 Å². The van der Waals surface area contributed by atoms with Crippen molar-refractivity contribution in [1.29, 1.82) is 0 Å². The van der Waals surface area contributed by atoms with Gasteiger partial charge in [-0.1, -0.05) is 23.7 Å². The van der Waals surface area contributed by atoms with Crippen LogP contribution in [0.25, 0.3) is 0 Å². The molecule has 1 radical (unpaired) electrons. The van der Waals surface area contributed by atoms with Crippen molar-refractivity contribution in [2.24, 2.45) is 0 Å². The second-order valence-electron chi connectivity index (χ2n) is 4.39.